The van der Waals surface area contributed by atoms with Crippen LogP contribution in [0.25, 0.3) is 0 Å². The van der Waals surface area contributed by atoms with E-state index in [1.54, 1.807) is 0 Å². The zero-order valence-corrected chi connectivity index (χ0v) is 6.30. The number of hydrogen-bond acceptors (Lipinski definition) is 1. The predicted molar refractivity (Wildman–Crippen MR) is 40.5 cm³/mol. The Bertz CT molecular complexity index is 107. The Morgan fingerprint density at radius 1 is 1.56 bits per heavy atom. The summed E-state index contributed by atoms with van der Waals surface area (Å²) in [5, 5.41) is 0. The van der Waals surface area contributed by atoms with Crippen LogP contribution in [0.1, 0.15) is 19.8 Å². The molecule has 0 saturated heterocycles. The monoisotopic (exact) mass is 125 g/mol. The summed E-state index contributed by atoms with van der Waals surface area (Å²) in [6, 6.07) is 0.646. The maximum Gasteiger partial charge on any atom is 0.0246 e. The zero-order valence-electron chi connectivity index (χ0n) is 6.30. The highest BCUT2D eigenvalue weighted by Gasteiger charge is 2.06. The van der Waals surface area contributed by atoms with Crippen molar-refractivity contribution in [3.8, 4) is 0 Å². The molecular formula is C8H15N. The van der Waals surface area contributed by atoms with Gasteiger partial charge in [-0.15, -0.1) is 0 Å². The van der Waals surface area contributed by atoms with Gasteiger partial charge in [-0.2, -0.15) is 0 Å². The smallest absolute Gasteiger partial charge is 0.0246 e. The molecule has 1 nitrogen and oxygen atoms in total. The van der Waals surface area contributed by atoms with Gasteiger partial charge in [0.15, 0.2) is 0 Å². The van der Waals surface area contributed by atoms with Crippen LogP contribution in [0.4, 0.5) is 0 Å². The van der Waals surface area contributed by atoms with Gasteiger partial charge in [0, 0.05) is 6.04 Å². The van der Waals surface area contributed by atoms with E-state index < -0.39 is 0 Å². The van der Waals surface area contributed by atoms with Crippen molar-refractivity contribution in [2.75, 3.05) is 13.6 Å². The van der Waals surface area contributed by atoms with E-state index in [4.69, 9.17) is 0 Å². The van der Waals surface area contributed by atoms with Crippen molar-refractivity contribution < 1.29 is 0 Å². The minimum Gasteiger partial charge on any atom is -0.300 e. The van der Waals surface area contributed by atoms with Gasteiger partial charge in [-0.25, -0.2) is 0 Å². The minimum atomic E-state index is 0.646. The highest BCUT2D eigenvalue weighted by atomic mass is 15.1. The molecule has 0 aromatic carbocycles. The normalized spacial score (nSPS) is 30.2. The largest absolute Gasteiger partial charge is 0.300 e. The highest BCUT2D eigenvalue weighted by molar-refractivity contribution is 4.93. The Hall–Kier alpha value is -0.300. The first-order chi connectivity index (χ1) is 4.30. The van der Waals surface area contributed by atoms with Gasteiger partial charge in [-0.1, -0.05) is 12.2 Å². The van der Waals surface area contributed by atoms with Crippen LogP contribution in [0.3, 0.4) is 0 Å². The quantitative estimate of drug-likeness (QED) is 0.445. The summed E-state index contributed by atoms with van der Waals surface area (Å²) in [6.45, 7) is 3.48. The molecule has 1 heteroatoms. The summed E-state index contributed by atoms with van der Waals surface area (Å²) in [7, 11) is 2.18. The van der Waals surface area contributed by atoms with E-state index in [0.717, 1.165) is 0 Å². The van der Waals surface area contributed by atoms with Crippen molar-refractivity contribution in [1.82, 2.24) is 4.90 Å². The van der Waals surface area contributed by atoms with E-state index in [9.17, 15) is 0 Å². The van der Waals surface area contributed by atoms with Gasteiger partial charge < -0.3 is 4.90 Å². The lowest BCUT2D eigenvalue weighted by Gasteiger charge is -2.18. The van der Waals surface area contributed by atoms with Gasteiger partial charge >= 0.3 is 0 Å². The Labute approximate surface area is 57.4 Å². The van der Waals surface area contributed by atoms with E-state index in [1.165, 1.54) is 19.4 Å². The summed E-state index contributed by atoms with van der Waals surface area (Å²) < 4.78 is 0. The van der Waals surface area contributed by atoms with E-state index in [0.29, 0.717) is 6.04 Å². The molecule has 1 aliphatic heterocycles. The lowest BCUT2D eigenvalue weighted by molar-refractivity contribution is 0.301. The zero-order chi connectivity index (χ0) is 6.69. The summed E-state index contributed by atoms with van der Waals surface area (Å²) in [4.78, 5) is 2.38. The van der Waals surface area contributed by atoms with E-state index in [2.05, 4.69) is 31.0 Å². The van der Waals surface area contributed by atoms with E-state index in [-0.39, 0.29) is 0 Å². The molecule has 0 aromatic heterocycles. The molecule has 0 aromatic rings. The highest BCUT2D eigenvalue weighted by Crippen LogP contribution is 2.06. The topological polar surface area (TPSA) is 3.24 Å². The fourth-order valence-electron chi connectivity index (χ4n) is 1.10. The third-order valence-electron chi connectivity index (χ3n) is 1.99. The Kier molecular flexibility index (Phi) is 2.29. The number of hydrogen-bond donors (Lipinski definition) is 0. The third kappa shape index (κ3) is 1.83. The minimum absolute atomic E-state index is 0.646. The first kappa shape index (κ1) is 6.81. The maximum absolute atomic E-state index is 2.38. The molecule has 0 saturated carbocycles. The van der Waals surface area contributed by atoms with E-state index in [1.807, 2.05) is 0 Å². The molecule has 1 aliphatic rings. The summed E-state index contributed by atoms with van der Waals surface area (Å²) in [5.41, 5.74) is 0. The second kappa shape index (κ2) is 3.02. The molecule has 0 fully saturated rings. The van der Waals surface area contributed by atoms with E-state index >= 15 is 0 Å². The second-order valence-electron chi connectivity index (χ2n) is 2.79. The lowest BCUT2D eigenvalue weighted by atomic mass is 10.3. The van der Waals surface area contributed by atoms with Crippen molar-refractivity contribution in [3.63, 3.8) is 0 Å². The average Bonchev–Trinajstić information content (AvgIpc) is 1.99. The third-order valence-corrected chi connectivity index (χ3v) is 1.99. The Morgan fingerprint density at radius 3 is 3.11 bits per heavy atom. The van der Waals surface area contributed by atoms with Crippen LogP contribution >= 0.6 is 0 Å². The van der Waals surface area contributed by atoms with Crippen LogP contribution in [0.15, 0.2) is 12.2 Å². The first-order valence-corrected chi connectivity index (χ1v) is 3.67. The average molecular weight is 125 g/mol. The fourth-order valence-corrected chi connectivity index (χ4v) is 1.10. The van der Waals surface area contributed by atoms with Crippen LogP contribution in [-0.2, 0) is 0 Å². The molecule has 1 rings (SSSR count). The molecule has 52 valence electrons. The van der Waals surface area contributed by atoms with Crippen molar-refractivity contribution in [1.29, 1.82) is 0 Å². The molecule has 1 atom stereocenters. The van der Waals surface area contributed by atoms with Gasteiger partial charge in [0.25, 0.3) is 0 Å². The summed E-state index contributed by atoms with van der Waals surface area (Å²) in [6.07, 6.45) is 7.15. The van der Waals surface area contributed by atoms with Crippen molar-refractivity contribution in [2.45, 2.75) is 25.8 Å². The lowest BCUT2D eigenvalue weighted by Crippen LogP contribution is -2.26. The fraction of sp³-hybridized carbons (Fsp3) is 0.750. The number of allylic oxidation sites excluding steroid dienone is 1. The molecule has 0 bridgehead atoms. The van der Waals surface area contributed by atoms with Gasteiger partial charge in [0.1, 0.15) is 0 Å². The Balaban J connectivity index is 2.46. The molecule has 9 heavy (non-hydrogen) atoms. The van der Waals surface area contributed by atoms with Crippen LogP contribution in [-0.4, -0.2) is 24.5 Å². The molecule has 0 aliphatic carbocycles. The number of nitrogens with zero attached hydrogens (tertiary/aromatic N) is 1. The van der Waals surface area contributed by atoms with Gasteiger partial charge in [0.2, 0.25) is 0 Å². The number of rotatable bonds is 0. The molecule has 1 unspecified atom stereocenters. The molecule has 0 spiro atoms. The standard InChI is InChI=1S/C8H15N/c1-8-6-4-3-5-7-9(8)2/h4,6,8H,3,5,7H2,1-2H3. The number of likely N-dealkylation sites (N-methyl/N-ethyl adjacent to an activating group) is 1. The van der Waals surface area contributed by atoms with Gasteiger partial charge in [-0.05, 0) is 33.4 Å². The van der Waals surface area contributed by atoms with Gasteiger partial charge in [-0.3, -0.25) is 0 Å². The maximum atomic E-state index is 2.38. The van der Waals surface area contributed by atoms with Crippen LogP contribution in [0.2, 0.25) is 0 Å². The molecule has 0 radical (unpaired) electrons. The predicted octanol–water partition coefficient (Wildman–Crippen LogP) is 1.66. The second-order valence-corrected chi connectivity index (χ2v) is 2.79. The van der Waals surface area contributed by atoms with Crippen LogP contribution in [0.5, 0.6) is 0 Å². The van der Waals surface area contributed by atoms with Crippen molar-refractivity contribution in [3.05, 3.63) is 12.2 Å². The molecule has 0 amide bonds. The SMILES string of the molecule is CC1C=CCCCN1C. The summed E-state index contributed by atoms with van der Waals surface area (Å²) >= 11 is 0. The van der Waals surface area contributed by atoms with Crippen LogP contribution in [0, 0.1) is 0 Å². The Morgan fingerprint density at radius 2 is 2.33 bits per heavy atom. The molecular weight excluding hydrogens is 110 g/mol. The first-order valence-electron chi connectivity index (χ1n) is 3.67. The van der Waals surface area contributed by atoms with Gasteiger partial charge in [0.05, 0.1) is 0 Å². The molecule has 0 N–H and O–H groups in total. The van der Waals surface area contributed by atoms with Crippen LogP contribution < -0.4 is 0 Å². The van der Waals surface area contributed by atoms with Crippen molar-refractivity contribution >= 4 is 0 Å². The van der Waals surface area contributed by atoms with Crippen molar-refractivity contribution in [2.24, 2.45) is 0 Å². The molecule has 1 heterocycles. The summed E-state index contributed by atoms with van der Waals surface area (Å²) in [5.74, 6) is 0.